The van der Waals surface area contributed by atoms with Crippen LogP contribution < -0.4 is 10.0 Å². The smallest absolute Gasteiger partial charge is 0.341 e. The van der Waals surface area contributed by atoms with Gasteiger partial charge in [0.1, 0.15) is 5.82 Å². The highest BCUT2D eigenvalue weighted by Crippen LogP contribution is 2.18. The van der Waals surface area contributed by atoms with Crippen molar-refractivity contribution in [3.05, 3.63) is 58.9 Å². The number of carbonyl (C=O) groups is 2. The Balaban J connectivity index is 2.08. The van der Waals surface area contributed by atoms with E-state index in [-0.39, 0.29) is 4.90 Å². The summed E-state index contributed by atoms with van der Waals surface area (Å²) in [5.41, 5.74) is 1.85. The van der Waals surface area contributed by atoms with E-state index in [1.807, 2.05) is 19.9 Å². The highest BCUT2D eigenvalue weighted by atomic mass is 32.2. The zero-order chi connectivity index (χ0) is 20.2. The molecule has 7 nitrogen and oxygen atoms in total. The maximum Gasteiger partial charge on any atom is 0.341 e. The number of amides is 1. The van der Waals surface area contributed by atoms with E-state index in [2.05, 4.69) is 10.0 Å². The van der Waals surface area contributed by atoms with Crippen molar-refractivity contribution in [2.45, 2.75) is 18.7 Å². The normalized spacial score (nSPS) is 11.1. The Morgan fingerprint density at radius 2 is 1.85 bits per heavy atom. The Morgan fingerprint density at radius 1 is 1.15 bits per heavy atom. The highest BCUT2D eigenvalue weighted by molar-refractivity contribution is 7.89. The number of aryl methyl sites for hydroxylation is 1. The Bertz CT molecular complexity index is 989. The van der Waals surface area contributed by atoms with Gasteiger partial charge in [-0.1, -0.05) is 12.1 Å². The molecule has 2 N–H and O–H groups in total. The predicted octanol–water partition coefficient (Wildman–Crippen LogP) is 2.15. The molecule has 0 radical (unpaired) electrons. The molecule has 27 heavy (non-hydrogen) atoms. The van der Waals surface area contributed by atoms with Gasteiger partial charge in [-0.05, 0) is 56.3 Å². The minimum atomic E-state index is -3.86. The SMILES string of the molecule is CNS(=O)(=O)c1ccc(F)c(C(=O)OCC(=O)Nc2cccc(C)c2C)c1. The number of hydrogen-bond donors (Lipinski definition) is 2. The van der Waals surface area contributed by atoms with Gasteiger partial charge >= 0.3 is 5.97 Å². The molecule has 2 aromatic carbocycles. The molecule has 144 valence electrons. The maximum absolute atomic E-state index is 13.9. The van der Waals surface area contributed by atoms with E-state index < -0.39 is 39.9 Å². The summed E-state index contributed by atoms with van der Waals surface area (Å²) in [6.07, 6.45) is 0. The number of carbonyl (C=O) groups excluding carboxylic acids is 2. The van der Waals surface area contributed by atoms with E-state index in [0.29, 0.717) is 5.69 Å². The van der Waals surface area contributed by atoms with Crippen molar-refractivity contribution in [1.29, 1.82) is 0 Å². The molecule has 2 rings (SSSR count). The van der Waals surface area contributed by atoms with Gasteiger partial charge in [0, 0.05) is 5.69 Å². The molecule has 1 amide bonds. The van der Waals surface area contributed by atoms with Crippen molar-refractivity contribution in [3.63, 3.8) is 0 Å². The minimum Gasteiger partial charge on any atom is -0.452 e. The first-order valence-electron chi connectivity index (χ1n) is 7.92. The molecule has 0 aliphatic carbocycles. The van der Waals surface area contributed by atoms with Crippen LogP contribution >= 0.6 is 0 Å². The minimum absolute atomic E-state index is 0.293. The van der Waals surface area contributed by atoms with Crippen LogP contribution in [0, 0.1) is 19.7 Å². The Morgan fingerprint density at radius 3 is 2.52 bits per heavy atom. The summed E-state index contributed by atoms with van der Waals surface area (Å²) in [6, 6.07) is 8.08. The second kappa shape index (κ2) is 8.28. The number of sulfonamides is 1. The third kappa shape index (κ3) is 4.89. The molecule has 0 aliphatic heterocycles. The quantitative estimate of drug-likeness (QED) is 0.731. The molecule has 0 saturated carbocycles. The molecule has 0 aliphatic rings. The number of nitrogens with one attached hydrogen (secondary N) is 2. The van der Waals surface area contributed by atoms with E-state index in [0.717, 1.165) is 29.3 Å². The summed E-state index contributed by atoms with van der Waals surface area (Å²) in [4.78, 5) is 23.7. The van der Waals surface area contributed by atoms with Gasteiger partial charge in [0.2, 0.25) is 10.0 Å². The van der Waals surface area contributed by atoms with Crippen LogP contribution in [0.1, 0.15) is 21.5 Å². The van der Waals surface area contributed by atoms with Gasteiger partial charge in [-0.15, -0.1) is 0 Å². The second-order valence-electron chi connectivity index (χ2n) is 5.72. The van der Waals surface area contributed by atoms with Crippen molar-refractivity contribution >= 4 is 27.6 Å². The van der Waals surface area contributed by atoms with E-state index in [9.17, 15) is 22.4 Å². The van der Waals surface area contributed by atoms with Crippen LogP contribution in [0.3, 0.4) is 0 Å². The largest absolute Gasteiger partial charge is 0.452 e. The number of rotatable bonds is 6. The third-order valence-corrected chi connectivity index (χ3v) is 5.36. The Kier molecular flexibility index (Phi) is 6.29. The first-order valence-corrected chi connectivity index (χ1v) is 9.40. The van der Waals surface area contributed by atoms with Gasteiger partial charge in [0.25, 0.3) is 5.91 Å². The van der Waals surface area contributed by atoms with Crippen molar-refractivity contribution in [3.8, 4) is 0 Å². The van der Waals surface area contributed by atoms with Crippen molar-refractivity contribution in [2.24, 2.45) is 0 Å². The molecule has 0 bridgehead atoms. The fourth-order valence-electron chi connectivity index (χ4n) is 2.23. The fourth-order valence-corrected chi connectivity index (χ4v) is 2.98. The highest BCUT2D eigenvalue weighted by Gasteiger charge is 2.20. The first kappa shape index (κ1) is 20.5. The number of anilines is 1. The fraction of sp³-hybridized carbons (Fsp3) is 0.222. The molecule has 0 fully saturated rings. The van der Waals surface area contributed by atoms with E-state index in [1.54, 1.807) is 12.1 Å². The summed E-state index contributed by atoms with van der Waals surface area (Å²) in [5, 5.41) is 2.60. The average Bonchev–Trinajstić information content (AvgIpc) is 2.63. The monoisotopic (exact) mass is 394 g/mol. The van der Waals surface area contributed by atoms with Gasteiger partial charge in [-0.2, -0.15) is 0 Å². The van der Waals surface area contributed by atoms with Gasteiger partial charge < -0.3 is 10.1 Å². The van der Waals surface area contributed by atoms with Crippen LogP contribution in [0.2, 0.25) is 0 Å². The molecule has 0 spiro atoms. The van der Waals surface area contributed by atoms with Crippen LogP contribution in [0.15, 0.2) is 41.3 Å². The second-order valence-corrected chi connectivity index (χ2v) is 7.61. The Hall–Kier alpha value is -2.78. The topological polar surface area (TPSA) is 102 Å². The predicted molar refractivity (Wildman–Crippen MR) is 97.5 cm³/mol. The number of halogens is 1. The lowest BCUT2D eigenvalue weighted by Gasteiger charge is -2.11. The van der Waals surface area contributed by atoms with Crippen LogP contribution in [0.25, 0.3) is 0 Å². The van der Waals surface area contributed by atoms with Crippen LogP contribution in [-0.4, -0.2) is 33.9 Å². The van der Waals surface area contributed by atoms with E-state index >= 15 is 0 Å². The summed E-state index contributed by atoms with van der Waals surface area (Å²) >= 11 is 0. The molecule has 0 atom stereocenters. The van der Waals surface area contributed by atoms with Gasteiger partial charge in [-0.25, -0.2) is 22.3 Å². The standard InChI is InChI=1S/C18H19FN2O5S/c1-11-5-4-6-16(12(11)2)21-17(22)10-26-18(23)14-9-13(7-8-15(14)19)27(24,25)20-3/h4-9,20H,10H2,1-3H3,(H,21,22). The number of benzene rings is 2. The molecule has 9 heteroatoms. The van der Waals surface area contributed by atoms with Gasteiger partial charge in [-0.3, -0.25) is 4.79 Å². The zero-order valence-corrected chi connectivity index (χ0v) is 15.8. The van der Waals surface area contributed by atoms with Crippen LogP contribution in [0.5, 0.6) is 0 Å². The van der Waals surface area contributed by atoms with Gasteiger partial charge in [0.15, 0.2) is 6.61 Å². The van der Waals surface area contributed by atoms with Crippen LogP contribution in [-0.2, 0) is 19.6 Å². The third-order valence-electron chi connectivity index (χ3n) is 3.95. The average molecular weight is 394 g/mol. The van der Waals surface area contributed by atoms with Crippen molar-refractivity contribution in [1.82, 2.24) is 4.72 Å². The molecule has 0 aromatic heterocycles. The summed E-state index contributed by atoms with van der Waals surface area (Å²) < 4.78 is 44.3. The number of esters is 1. The molecule has 0 saturated heterocycles. The molecular weight excluding hydrogens is 375 g/mol. The molecule has 2 aromatic rings. The van der Waals surface area contributed by atoms with Crippen LogP contribution in [0.4, 0.5) is 10.1 Å². The van der Waals surface area contributed by atoms with Crippen molar-refractivity contribution in [2.75, 3.05) is 19.0 Å². The molecule has 0 unspecified atom stereocenters. The summed E-state index contributed by atoms with van der Waals surface area (Å²) in [7, 11) is -2.67. The lowest BCUT2D eigenvalue weighted by molar-refractivity contribution is -0.119. The maximum atomic E-state index is 13.9. The zero-order valence-electron chi connectivity index (χ0n) is 15.0. The lowest BCUT2D eigenvalue weighted by atomic mass is 10.1. The molecular formula is C18H19FN2O5S. The van der Waals surface area contributed by atoms with Crippen molar-refractivity contribution < 1.29 is 27.1 Å². The first-order chi connectivity index (χ1) is 12.7. The summed E-state index contributed by atoms with van der Waals surface area (Å²) in [5.74, 6) is -2.70. The van der Waals surface area contributed by atoms with Gasteiger partial charge in [0.05, 0.1) is 10.5 Å². The van der Waals surface area contributed by atoms with E-state index in [1.165, 1.54) is 7.05 Å². The Labute approximate surface area is 156 Å². The molecule has 0 heterocycles. The number of hydrogen-bond acceptors (Lipinski definition) is 5. The van der Waals surface area contributed by atoms with E-state index in [4.69, 9.17) is 4.74 Å². The number of ether oxygens (including phenoxy) is 1. The summed E-state index contributed by atoms with van der Waals surface area (Å²) in [6.45, 7) is 3.08. The lowest BCUT2D eigenvalue weighted by Crippen LogP contribution is -2.22.